The molecule has 0 spiro atoms. The number of carbonyl (C=O) groups is 1. The normalized spacial score (nSPS) is 15.8. The maximum atomic E-state index is 13.4. The van der Waals surface area contributed by atoms with Crippen LogP contribution >= 0.6 is 43.6 Å². The van der Waals surface area contributed by atoms with Crippen molar-refractivity contribution in [3.05, 3.63) is 110 Å². The Hall–Kier alpha value is -2.61. The molecule has 1 saturated heterocycles. The van der Waals surface area contributed by atoms with Gasteiger partial charge in [-0.25, -0.2) is 4.99 Å². The van der Waals surface area contributed by atoms with Crippen molar-refractivity contribution in [3.8, 4) is 5.75 Å². The summed E-state index contributed by atoms with van der Waals surface area (Å²) >= 11 is 8.53. The molecule has 3 aromatic carbocycles. The molecule has 4 rings (SSSR count). The fraction of sp³-hybridized carbons (Fsp3) is 0.111. The Bertz CT molecular complexity index is 1220. The van der Waals surface area contributed by atoms with E-state index in [0.717, 1.165) is 26.6 Å². The number of para-hydroxylation sites is 1. The van der Waals surface area contributed by atoms with Gasteiger partial charge in [-0.15, -0.1) is 0 Å². The first-order valence-electron chi connectivity index (χ1n) is 10.7. The first-order chi connectivity index (χ1) is 16.5. The number of hydrogen-bond donors (Lipinski definition) is 0. The Kier molecular flexibility index (Phi) is 8.43. The van der Waals surface area contributed by atoms with E-state index >= 15 is 0 Å². The number of carbonyl (C=O) groups excluding carboxylic acids is 1. The van der Waals surface area contributed by atoms with E-state index in [1.54, 1.807) is 11.0 Å². The largest absolute Gasteiger partial charge is 0.487 e. The molecule has 34 heavy (non-hydrogen) atoms. The van der Waals surface area contributed by atoms with Crippen LogP contribution in [0.25, 0.3) is 6.08 Å². The molecule has 7 heteroatoms. The molecule has 0 bridgehead atoms. The first-order valence-corrected chi connectivity index (χ1v) is 13.1. The van der Waals surface area contributed by atoms with Gasteiger partial charge in [0.2, 0.25) is 0 Å². The summed E-state index contributed by atoms with van der Waals surface area (Å²) in [6, 6.07) is 23.7. The number of amidine groups is 1. The number of ether oxygens (including phenoxy) is 1. The summed E-state index contributed by atoms with van der Waals surface area (Å²) < 4.78 is 7.30. The van der Waals surface area contributed by atoms with Gasteiger partial charge in [0.1, 0.15) is 12.4 Å². The van der Waals surface area contributed by atoms with E-state index in [4.69, 9.17) is 9.73 Å². The Labute approximate surface area is 220 Å². The van der Waals surface area contributed by atoms with Crippen LogP contribution in [0.5, 0.6) is 5.75 Å². The monoisotopic (exact) mass is 596 g/mol. The van der Waals surface area contributed by atoms with Gasteiger partial charge in [0.15, 0.2) is 5.17 Å². The second-order valence-corrected chi connectivity index (χ2v) is 10.2. The topological polar surface area (TPSA) is 41.9 Å². The van der Waals surface area contributed by atoms with E-state index in [1.165, 1.54) is 17.3 Å². The fourth-order valence-corrected chi connectivity index (χ4v) is 5.86. The lowest BCUT2D eigenvalue weighted by Gasteiger charge is -2.15. The third-order valence-electron chi connectivity index (χ3n) is 5.00. The maximum absolute atomic E-state index is 13.4. The molecule has 0 aliphatic carbocycles. The van der Waals surface area contributed by atoms with Gasteiger partial charge in [0.25, 0.3) is 5.91 Å². The minimum Gasteiger partial charge on any atom is -0.487 e. The highest BCUT2D eigenvalue weighted by Crippen LogP contribution is 2.38. The van der Waals surface area contributed by atoms with Crippen LogP contribution in [-0.2, 0) is 11.2 Å². The molecule has 4 nitrogen and oxygen atoms in total. The van der Waals surface area contributed by atoms with Crippen LogP contribution in [-0.4, -0.2) is 29.1 Å². The van der Waals surface area contributed by atoms with Gasteiger partial charge < -0.3 is 4.74 Å². The summed E-state index contributed by atoms with van der Waals surface area (Å²) in [5.41, 5.74) is 2.88. The minimum absolute atomic E-state index is 0.0464. The number of nitrogens with zero attached hydrogens (tertiary/aromatic N) is 2. The highest BCUT2D eigenvalue weighted by molar-refractivity contribution is 9.11. The van der Waals surface area contributed by atoms with Crippen molar-refractivity contribution in [1.29, 1.82) is 0 Å². The van der Waals surface area contributed by atoms with Gasteiger partial charge in [-0.1, -0.05) is 61.2 Å². The quantitative estimate of drug-likeness (QED) is 0.198. The predicted octanol–water partition coefficient (Wildman–Crippen LogP) is 7.62. The number of benzene rings is 3. The van der Waals surface area contributed by atoms with E-state index in [9.17, 15) is 4.79 Å². The summed E-state index contributed by atoms with van der Waals surface area (Å²) in [6.07, 6.45) is 4.34. The van der Waals surface area contributed by atoms with E-state index in [1.807, 2.05) is 66.7 Å². The van der Waals surface area contributed by atoms with E-state index in [2.05, 4.69) is 50.6 Å². The second-order valence-electron chi connectivity index (χ2n) is 7.45. The molecular formula is C27H22Br2N2O2S. The molecule has 0 atom stereocenters. The molecule has 1 aliphatic rings. The molecule has 3 aromatic rings. The Morgan fingerprint density at radius 3 is 2.29 bits per heavy atom. The van der Waals surface area contributed by atoms with Crippen LogP contribution in [0.2, 0.25) is 0 Å². The van der Waals surface area contributed by atoms with Crippen molar-refractivity contribution in [3.63, 3.8) is 0 Å². The third kappa shape index (κ3) is 6.09. The SMILES string of the molecule is C=CCOc1c(Br)cc(/C=C2/SC(=Nc3ccccc3)N(CCc3ccccc3)C2=O)cc1Br. The first kappa shape index (κ1) is 24.5. The van der Waals surface area contributed by atoms with Crippen LogP contribution in [0.1, 0.15) is 11.1 Å². The Morgan fingerprint density at radius 1 is 1.00 bits per heavy atom. The summed E-state index contributed by atoms with van der Waals surface area (Å²) in [7, 11) is 0. The highest BCUT2D eigenvalue weighted by atomic mass is 79.9. The van der Waals surface area contributed by atoms with Crippen LogP contribution < -0.4 is 4.74 Å². The Morgan fingerprint density at radius 2 is 1.65 bits per heavy atom. The summed E-state index contributed by atoms with van der Waals surface area (Å²) in [6.45, 7) is 4.65. The average Bonchev–Trinajstić information content (AvgIpc) is 3.12. The van der Waals surface area contributed by atoms with Crippen molar-refractivity contribution >= 4 is 66.5 Å². The van der Waals surface area contributed by atoms with E-state index < -0.39 is 0 Å². The molecule has 0 aromatic heterocycles. The molecule has 0 N–H and O–H groups in total. The van der Waals surface area contributed by atoms with Crippen molar-refractivity contribution < 1.29 is 9.53 Å². The number of thioether (sulfide) groups is 1. The summed E-state index contributed by atoms with van der Waals surface area (Å²) in [5, 5.41) is 0.683. The molecule has 0 saturated carbocycles. The number of amides is 1. The molecule has 1 aliphatic heterocycles. The number of hydrogen-bond acceptors (Lipinski definition) is 4. The number of aliphatic imine (C=N–C) groups is 1. The predicted molar refractivity (Wildman–Crippen MR) is 148 cm³/mol. The van der Waals surface area contributed by atoms with Gasteiger partial charge in [-0.3, -0.25) is 9.69 Å². The maximum Gasteiger partial charge on any atom is 0.266 e. The van der Waals surface area contributed by atoms with Crippen molar-refractivity contribution in [1.82, 2.24) is 4.90 Å². The molecule has 1 amide bonds. The van der Waals surface area contributed by atoms with Crippen molar-refractivity contribution in [2.45, 2.75) is 6.42 Å². The number of rotatable bonds is 8. The van der Waals surface area contributed by atoms with Crippen LogP contribution in [0, 0.1) is 0 Å². The smallest absolute Gasteiger partial charge is 0.266 e. The lowest BCUT2D eigenvalue weighted by atomic mass is 10.1. The van der Waals surface area contributed by atoms with Gasteiger partial charge in [-0.05, 0) is 91.5 Å². The lowest BCUT2D eigenvalue weighted by Crippen LogP contribution is -2.31. The standard InChI is InChI=1S/C27H22Br2N2O2S/c1-2-15-33-25-22(28)16-20(17-23(25)29)18-24-26(32)31(14-13-19-9-5-3-6-10-19)27(34-24)30-21-11-7-4-8-12-21/h2-12,16-18H,1,13-15H2/b24-18+,30-27?. The van der Waals surface area contributed by atoms with Crippen LogP contribution in [0.3, 0.4) is 0 Å². The molecule has 172 valence electrons. The molecular weight excluding hydrogens is 576 g/mol. The molecule has 0 radical (unpaired) electrons. The Balaban J connectivity index is 1.63. The minimum atomic E-state index is -0.0464. The van der Waals surface area contributed by atoms with Gasteiger partial charge in [-0.2, -0.15) is 0 Å². The third-order valence-corrected chi connectivity index (χ3v) is 7.18. The highest BCUT2D eigenvalue weighted by Gasteiger charge is 2.33. The summed E-state index contributed by atoms with van der Waals surface area (Å²) in [4.78, 5) is 20.6. The molecule has 1 heterocycles. The van der Waals surface area contributed by atoms with Crippen LogP contribution in [0.4, 0.5) is 5.69 Å². The fourth-order valence-electron chi connectivity index (χ4n) is 3.38. The van der Waals surface area contributed by atoms with Crippen molar-refractivity contribution in [2.24, 2.45) is 4.99 Å². The zero-order valence-corrected chi connectivity index (χ0v) is 22.3. The lowest BCUT2D eigenvalue weighted by molar-refractivity contribution is -0.122. The average molecular weight is 598 g/mol. The van der Waals surface area contributed by atoms with Gasteiger partial charge >= 0.3 is 0 Å². The van der Waals surface area contributed by atoms with E-state index in [-0.39, 0.29) is 5.91 Å². The van der Waals surface area contributed by atoms with Gasteiger partial charge in [0, 0.05) is 6.54 Å². The molecule has 0 unspecified atom stereocenters. The van der Waals surface area contributed by atoms with Gasteiger partial charge in [0.05, 0.1) is 19.5 Å². The summed E-state index contributed by atoms with van der Waals surface area (Å²) in [5.74, 6) is 0.651. The molecule has 1 fully saturated rings. The van der Waals surface area contributed by atoms with Crippen molar-refractivity contribution in [2.75, 3.05) is 13.2 Å². The zero-order chi connectivity index (χ0) is 23.9. The second kappa shape index (κ2) is 11.7. The zero-order valence-electron chi connectivity index (χ0n) is 18.3. The number of halogens is 2. The van der Waals surface area contributed by atoms with E-state index in [0.29, 0.717) is 29.0 Å². The van der Waals surface area contributed by atoms with Crippen LogP contribution in [0.15, 0.2) is 104 Å².